The lowest BCUT2D eigenvalue weighted by Crippen LogP contribution is -2.32. The van der Waals surface area contributed by atoms with Crippen molar-refractivity contribution >= 4 is 5.97 Å². The molecular weight excluding hydrogens is 230 g/mol. The fraction of sp³-hybridized carbons (Fsp3) is 0.0769. The fourth-order valence-corrected chi connectivity index (χ4v) is 1.92. The molecule has 0 atom stereocenters. The van der Waals surface area contributed by atoms with Crippen LogP contribution >= 0.6 is 0 Å². The van der Waals surface area contributed by atoms with Gasteiger partial charge in [-0.3, -0.25) is 4.98 Å². The molecule has 0 bridgehead atoms. The Hall–Kier alpha value is -2.56. The van der Waals surface area contributed by atoms with Crippen LogP contribution in [-0.2, 0) is 10.5 Å². The number of fused-ring (bicyclic) bond motifs is 1. The molecule has 1 aliphatic rings. The molecule has 1 aromatic heterocycles. The minimum Gasteiger partial charge on any atom is -0.478 e. The number of hydrogen-bond donors (Lipinski definition) is 1. The lowest BCUT2D eigenvalue weighted by Gasteiger charge is -2.16. The summed E-state index contributed by atoms with van der Waals surface area (Å²) in [4.78, 5) is 24.1. The number of aromatic nitrogens is 1. The van der Waals surface area contributed by atoms with Crippen molar-refractivity contribution in [3.05, 3.63) is 65.1 Å². The molecule has 5 heteroatoms. The van der Waals surface area contributed by atoms with Gasteiger partial charge in [-0.15, -0.1) is 0 Å². The highest BCUT2D eigenvalue weighted by molar-refractivity contribution is 5.80. The van der Waals surface area contributed by atoms with Crippen molar-refractivity contribution in [3.8, 4) is 0 Å². The Morgan fingerprint density at radius 1 is 1.00 bits per heavy atom. The van der Waals surface area contributed by atoms with Gasteiger partial charge in [-0.2, -0.15) is 0 Å². The summed E-state index contributed by atoms with van der Waals surface area (Å²) in [6, 6.07) is 12.1. The number of carboxylic acid groups (broad SMARTS) is 1. The Kier molecular flexibility index (Phi) is 2.19. The van der Waals surface area contributed by atoms with Crippen LogP contribution in [0, 0.1) is 0 Å². The van der Waals surface area contributed by atoms with Crippen molar-refractivity contribution in [3.63, 3.8) is 0 Å². The maximum absolute atomic E-state index is 11.6. The van der Waals surface area contributed by atoms with Crippen LogP contribution in [0.5, 0.6) is 0 Å². The molecule has 0 fully saturated rings. The van der Waals surface area contributed by atoms with Crippen molar-refractivity contribution in [1.29, 1.82) is 0 Å². The number of nitrogens with zero attached hydrogens (tertiary/aromatic N) is 3. The number of aliphatic carboxylic acids is 1. The number of rotatable bonds is 2. The molecule has 0 spiro atoms. The van der Waals surface area contributed by atoms with Crippen LogP contribution in [0.1, 0.15) is 5.69 Å². The predicted octanol–water partition coefficient (Wildman–Crippen LogP) is 0.272. The van der Waals surface area contributed by atoms with E-state index in [0.717, 1.165) is 0 Å². The van der Waals surface area contributed by atoms with Gasteiger partial charge in [-0.1, -0.05) is 18.2 Å². The van der Waals surface area contributed by atoms with Gasteiger partial charge in [0.05, 0.1) is 10.7 Å². The van der Waals surface area contributed by atoms with Crippen molar-refractivity contribution in [2.24, 2.45) is 9.98 Å². The molecule has 5 nitrogen and oxygen atoms in total. The van der Waals surface area contributed by atoms with E-state index in [1.54, 1.807) is 42.5 Å². The Balaban J connectivity index is 2.30. The normalized spacial score (nSPS) is 15.3. The first-order valence-electron chi connectivity index (χ1n) is 5.42. The maximum atomic E-state index is 11.6. The molecular formula is C13H9N3O2. The maximum Gasteiger partial charge on any atom is 0.361 e. The molecule has 2 heterocycles. The average Bonchev–Trinajstić information content (AvgIpc) is 2.80. The number of carboxylic acids is 1. The monoisotopic (exact) mass is 239 g/mol. The average molecular weight is 239 g/mol. The summed E-state index contributed by atoms with van der Waals surface area (Å²) in [5.74, 6) is -1.13. The number of carbonyl (C=O) groups is 1. The Morgan fingerprint density at radius 2 is 1.61 bits per heavy atom. The summed E-state index contributed by atoms with van der Waals surface area (Å²) in [7, 11) is 0. The number of pyridine rings is 1. The second-order valence-electron chi connectivity index (χ2n) is 3.90. The molecule has 3 rings (SSSR count). The van der Waals surface area contributed by atoms with Crippen molar-refractivity contribution < 1.29 is 9.90 Å². The third-order valence-electron chi connectivity index (χ3n) is 2.77. The van der Waals surface area contributed by atoms with Gasteiger partial charge in [-0.25, -0.2) is 14.8 Å². The summed E-state index contributed by atoms with van der Waals surface area (Å²) < 4.78 is 0. The molecule has 18 heavy (non-hydrogen) atoms. The van der Waals surface area contributed by atoms with Gasteiger partial charge in [-0.05, 0) is 24.3 Å². The van der Waals surface area contributed by atoms with Crippen LogP contribution in [0.15, 0.2) is 58.6 Å². The minimum absolute atomic E-state index is 0.314. The van der Waals surface area contributed by atoms with Crippen LogP contribution in [0.25, 0.3) is 0 Å². The van der Waals surface area contributed by atoms with Crippen LogP contribution in [0.3, 0.4) is 0 Å². The number of hydrogen-bond acceptors (Lipinski definition) is 4. The molecule has 0 aliphatic carbocycles. The van der Waals surface area contributed by atoms with Crippen LogP contribution in [-0.4, -0.2) is 16.1 Å². The van der Waals surface area contributed by atoms with E-state index in [2.05, 4.69) is 15.0 Å². The second kappa shape index (κ2) is 3.73. The van der Waals surface area contributed by atoms with E-state index in [1.165, 1.54) is 6.20 Å². The summed E-state index contributed by atoms with van der Waals surface area (Å²) in [6.07, 6.45) is 1.54. The first-order chi connectivity index (χ1) is 8.72. The van der Waals surface area contributed by atoms with Gasteiger partial charge < -0.3 is 5.11 Å². The third kappa shape index (κ3) is 1.41. The smallest absolute Gasteiger partial charge is 0.361 e. The largest absolute Gasteiger partial charge is 0.478 e. The van der Waals surface area contributed by atoms with Crippen molar-refractivity contribution in [2.45, 2.75) is 5.66 Å². The minimum atomic E-state index is -1.65. The summed E-state index contributed by atoms with van der Waals surface area (Å²) in [5.41, 5.74) is -1.33. The molecule has 0 saturated heterocycles. The van der Waals surface area contributed by atoms with Gasteiger partial charge >= 0.3 is 5.97 Å². The Morgan fingerprint density at radius 3 is 2.11 bits per heavy atom. The molecule has 2 aromatic rings. The molecule has 1 N–H and O–H groups in total. The molecule has 0 amide bonds. The van der Waals surface area contributed by atoms with Crippen molar-refractivity contribution in [2.75, 3.05) is 0 Å². The lowest BCUT2D eigenvalue weighted by molar-refractivity contribution is -0.143. The standard InChI is InChI=1S/C13H9N3O2/c17-12(18)13(11-7-3-4-8-14-11)15-9-5-1-2-6-10(9)16-13/h1-8H,(H,17,18). The van der Waals surface area contributed by atoms with Gasteiger partial charge in [0, 0.05) is 6.20 Å². The van der Waals surface area contributed by atoms with Crippen LogP contribution in [0.2, 0.25) is 0 Å². The van der Waals surface area contributed by atoms with Gasteiger partial charge in [0.25, 0.3) is 5.66 Å². The highest BCUT2D eigenvalue weighted by Gasteiger charge is 2.43. The molecule has 1 aromatic carbocycles. The fourth-order valence-electron chi connectivity index (χ4n) is 1.92. The van der Waals surface area contributed by atoms with E-state index in [9.17, 15) is 9.90 Å². The van der Waals surface area contributed by atoms with Gasteiger partial charge in [0.1, 0.15) is 5.69 Å². The zero-order valence-corrected chi connectivity index (χ0v) is 9.32. The highest BCUT2D eigenvalue weighted by atomic mass is 16.4. The van der Waals surface area contributed by atoms with E-state index in [4.69, 9.17) is 0 Å². The SMILES string of the molecule is O=C(O)C1(c2ccccn2)N=c2ccccc2=N1. The first kappa shape index (κ1) is 10.6. The molecule has 0 unspecified atom stereocenters. The summed E-state index contributed by atoms with van der Waals surface area (Å²) >= 11 is 0. The zero-order valence-electron chi connectivity index (χ0n) is 9.32. The van der Waals surface area contributed by atoms with E-state index in [0.29, 0.717) is 16.4 Å². The Labute approximate surface area is 102 Å². The highest BCUT2D eigenvalue weighted by Crippen LogP contribution is 2.26. The van der Waals surface area contributed by atoms with Crippen molar-refractivity contribution in [1.82, 2.24) is 4.98 Å². The van der Waals surface area contributed by atoms with E-state index < -0.39 is 11.6 Å². The number of para-hydroxylation sites is 2. The van der Waals surface area contributed by atoms with E-state index >= 15 is 0 Å². The first-order valence-corrected chi connectivity index (χ1v) is 5.42. The zero-order chi connectivity index (χ0) is 12.6. The predicted molar refractivity (Wildman–Crippen MR) is 62.3 cm³/mol. The van der Waals surface area contributed by atoms with Crippen LogP contribution < -0.4 is 10.7 Å². The number of benzene rings is 1. The molecule has 0 radical (unpaired) electrons. The quantitative estimate of drug-likeness (QED) is 0.817. The lowest BCUT2D eigenvalue weighted by atomic mass is 10.1. The second-order valence-corrected chi connectivity index (χ2v) is 3.90. The molecule has 0 saturated carbocycles. The van der Waals surface area contributed by atoms with E-state index in [1.807, 2.05) is 0 Å². The summed E-state index contributed by atoms with van der Waals surface area (Å²) in [5, 5.41) is 10.6. The molecule has 1 aliphatic heterocycles. The van der Waals surface area contributed by atoms with Crippen LogP contribution in [0.4, 0.5) is 0 Å². The topological polar surface area (TPSA) is 74.9 Å². The van der Waals surface area contributed by atoms with Gasteiger partial charge in [0.2, 0.25) is 0 Å². The van der Waals surface area contributed by atoms with Gasteiger partial charge in [0.15, 0.2) is 0 Å². The summed E-state index contributed by atoms with van der Waals surface area (Å²) in [6.45, 7) is 0. The van der Waals surface area contributed by atoms with E-state index in [-0.39, 0.29) is 0 Å². The Bertz CT molecular complexity index is 690. The third-order valence-corrected chi connectivity index (χ3v) is 2.77. The molecule has 88 valence electrons.